The van der Waals surface area contributed by atoms with Gasteiger partial charge < -0.3 is 5.32 Å². The summed E-state index contributed by atoms with van der Waals surface area (Å²) in [6.45, 7) is 4.41. The number of nitrogens with zero attached hydrogens (tertiary/aromatic N) is 1. The molecule has 1 aliphatic rings. The summed E-state index contributed by atoms with van der Waals surface area (Å²) < 4.78 is 2.09. The highest BCUT2D eigenvalue weighted by atomic mass is 79.9. The molecule has 0 saturated heterocycles. The quantitative estimate of drug-likeness (QED) is 0.763. The monoisotopic (exact) mass is 376 g/mol. The van der Waals surface area contributed by atoms with Gasteiger partial charge in [-0.05, 0) is 56.8 Å². The third kappa shape index (κ3) is 3.26. The normalized spacial score (nSPS) is 24.4. The van der Waals surface area contributed by atoms with E-state index in [4.69, 9.17) is 0 Å². The number of anilines is 1. The number of amidine groups is 1. The standard InChI is InChI=1S/C12H14Br2N2S/c1-7-6-17-12(15-8(7)2)16-11-9(13)4-3-5-10(11)14/h3-5,7-8H,6H2,1-2H3,(H,15,16). The molecule has 0 aromatic heterocycles. The van der Waals surface area contributed by atoms with E-state index >= 15 is 0 Å². The topological polar surface area (TPSA) is 24.4 Å². The van der Waals surface area contributed by atoms with Crippen molar-refractivity contribution in [2.75, 3.05) is 11.1 Å². The van der Waals surface area contributed by atoms with Crippen LogP contribution in [-0.4, -0.2) is 17.0 Å². The van der Waals surface area contributed by atoms with Gasteiger partial charge in [0, 0.05) is 14.7 Å². The molecule has 1 aliphatic heterocycles. The van der Waals surface area contributed by atoms with Crippen LogP contribution in [-0.2, 0) is 0 Å². The molecule has 0 amide bonds. The van der Waals surface area contributed by atoms with E-state index in [1.165, 1.54) is 0 Å². The summed E-state index contributed by atoms with van der Waals surface area (Å²) in [6, 6.07) is 6.43. The fourth-order valence-corrected chi connectivity index (χ4v) is 3.80. The highest BCUT2D eigenvalue weighted by molar-refractivity contribution is 9.11. The Hall–Kier alpha value is -0.000000000000000111. The number of rotatable bonds is 1. The van der Waals surface area contributed by atoms with Crippen LogP contribution < -0.4 is 5.32 Å². The third-order valence-electron chi connectivity index (χ3n) is 2.82. The Labute approximate surface area is 123 Å². The molecule has 1 N–H and O–H groups in total. The summed E-state index contributed by atoms with van der Waals surface area (Å²) in [6.07, 6.45) is 0. The number of benzene rings is 1. The first-order valence-corrected chi connectivity index (χ1v) is 8.06. The van der Waals surface area contributed by atoms with Gasteiger partial charge in [-0.2, -0.15) is 0 Å². The molecule has 2 rings (SSSR count). The van der Waals surface area contributed by atoms with E-state index in [1.54, 1.807) is 11.8 Å². The van der Waals surface area contributed by atoms with Gasteiger partial charge in [0.15, 0.2) is 5.17 Å². The minimum atomic E-state index is 0.389. The lowest BCUT2D eigenvalue weighted by molar-refractivity contribution is 0.537. The zero-order valence-electron chi connectivity index (χ0n) is 9.71. The number of para-hydroxylation sites is 1. The summed E-state index contributed by atoms with van der Waals surface area (Å²) in [7, 11) is 0. The van der Waals surface area contributed by atoms with E-state index in [-0.39, 0.29) is 0 Å². The molecule has 5 heteroatoms. The average molecular weight is 378 g/mol. The number of hydrogen-bond donors (Lipinski definition) is 1. The minimum Gasteiger partial charge on any atom is -0.333 e. The predicted octanol–water partition coefficient (Wildman–Crippen LogP) is 4.75. The molecule has 0 spiro atoms. The summed E-state index contributed by atoms with van der Waals surface area (Å²) >= 11 is 8.87. The molecule has 2 nitrogen and oxygen atoms in total. The van der Waals surface area contributed by atoms with Crippen molar-refractivity contribution >= 4 is 54.5 Å². The van der Waals surface area contributed by atoms with Gasteiger partial charge in [0.2, 0.25) is 0 Å². The second-order valence-corrected chi connectivity index (χ2v) is 6.90. The van der Waals surface area contributed by atoms with Crippen LogP contribution in [0, 0.1) is 5.92 Å². The van der Waals surface area contributed by atoms with Crippen LogP contribution in [0.1, 0.15) is 13.8 Å². The van der Waals surface area contributed by atoms with Gasteiger partial charge in [0.1, 0.15) is 0 Å². The molecule has 0 bridgehead atoms. The van der Waals surface area contributed by atoms with Crippen LogP contribution in [0.4, 0.5) is 5.69 Å². The lowest BCUT2D eigenvalue weighted by Gasteiger charge is -2.24. The molecule has 2 unspecified atom stereocenters. The highest BCUT2D eigenvalue weighted by Gasteiger charge is 2.20. The van der Waals surface area contributed by atoms with Crippen molar-refractivity contribution < 1.29 is 0 Å². The Morgan fingerprint density at radius 1 is 1.29 bits per heavy atom. The lowest BCUT2D eigenvalue weighted by Crippen LogP contribution is -2.25. The molecule has 1 aromatic carbocycles. The van der Waals surface area contributed by atoms with Gasteiger partial charge >= 0.3 is 0 Å². The molecule has 1 heterocycles. The number of aliphatic imine (C=N–C) groups is 1. The zero-order chi connectivity index (χ0) is 12.4. The Kier molecular flexibility index (Phi) is 4.55. The lowest BCUT2D eigenvalue weighted by atomic mass is 10.1. The molecule has 0 aliphatic carbocycles. The third-order valence-corrected chi connectivity index (χ3v) is 5.32. The van der Waals surface area contributed by atoms with E-state index in [0.29, 0.717) is 12.0 Å². The Morgan fingerprint density at radius 2 is 1.94 bits per heavy atom. The van der Waals surface area contributed by atoms with Gasteiger partial charge in [-0.15, -0.1) is 0 Å². The van der Waals surface area contributed by atoms with Crippen molar-refractivity contribution in [3.63, 3.8) is 0 Å². The second kappa shape index (κ2) is 5.76. The van der Waals surface area contributed by atoms with Gasteiger partial charge in [-0.25, -0.2) is 0 Å². The molecule has 2 atom stereocenters. The van der Waals surface area contributed by atoms with Gasteiger partial charge in [0.25, 0.3) is 0 Å². The van der Waals surface area contributed by atoms with Crippen LogP contribution in [0.3, 0.4) is 0 Å². The number of hydrogen-bond acceptors (Lipinski definition) is 3. The maximum atomic E-state index is 4.67. The smallest absolute Gasteiger partial charge is 0.161 e. The van der Waals surface area contributed by atoms with E-state index in [9.17, 15) is 0 Å². The van der Waals surface area contributed by atoms with Crippen LogP contribution in [0.5, 0.6) is 0 Å². The van der Waals surface area contributed by atoms with E-state index in [0.717, 1.165) is 25.6 Å². The zero-order valence-corrected chi connectivity index (χ0v) is 13.7. The largest absolute Gasteiger partial charge is 0.333 e. The molecule has 0 radical (unpaired) electrons. The maximum absolute atomic E-state index is 4.67. The van der Waals surface area contributed by atoms with Crippen molar-refractivity contribution in [1.29, 1.82) is 0 Å². The first-order valence-electron chi connectivity index (χ1n) is 5.49. The summed E-state index contributed by atoms with van der Waals surface area (Å²) in [5.74, 6) is 1.77. The number of thioether (sulfide) groups is 1. The molecule has 0 fully saturated rings. The highest BCUT2D eigenvalue weighted by Crippen LogP contribution is 2.32. The van der Waals surface area contributed by atoms with Crippen molar-refractivity contribution in [1.82, 2.24) is 0 Å². The predicted molar refractivity (Wildman–Crippen MR) is 84.0 cm³/mol. The van der Waals surface area contributed by atoms with Crippen LogP contribution in [0.15, 0.2) is 32.1 Å². The fourth-order valence-electron chi connectivity index (χ4n) is 1.49. The first-order chi connectivity index (χ1) is 8.08. The molecular weight excluding hydrogens is 364 g/mol. The summed E-state index contributed by atoms with van der Waals surface area (Å²) in [4.78, 5) is 4.67. The number of halogens is 2. The maximum Gasteiger partial charge on any atom is 0.161 e. The van der Waals surface area contributed by atoms with Gasteiger partial charge in [0.05, 0.1) is 11.7 Å². The van der Waals surface area contributed by atoms with E-state index in [1.807, 2.05) is 18.2 Å². The Balaban J connectivity index is 2.19. The Bertz CT molecular complexity index is 428. The fraction of sp³-hybridized carbons (Fsp3) is 0.417. The van der Waals surface area contributed by atoms with Gasteiger partial charge in [-0.1, -0.05) is 24.8 Å². The van der Waals surface area contributed by atoms with E-state index < -0.39 is 0 Å². The van der Waals surface area contributed by atoms with Crippen LogP contribution >= 0.6 is 43.6 Å². The SMILES string of the molecule is CC1CSC(Nc2c(Br)cccc2Br)=NC1C. The van der Waals surface area contributed by atoms with Crippen molar-refractivity contribution in [3.05, 3.63) is 27.1 Å². The molecule has 92 valence electrons. The Morgan fingerprint density at radius 3 is 2.53 bits per heavy atom. The molecule has 0 saturated carbocycles. The molecule has 17 heavy (non-hydrogen) atoms. The van der Waals surface area contributed by atoms with Crippen molar-refractivity contribution in [3.8, 4) is 0 Å². The molecule has 1 aromatic rings. The van der Waals surface area contributed by atoms with Gasteiger partial charge in [-0.3, -0.25) is 4.99 Å². The van der Waals surface area contributed by atoms with Crippen LogP contribution in [0.2, 0.25) is 0 Å². The van der Waals surface area contributed by atoms with Crippen molar-refractivity contribution in [2.45, 2.75) is 19.9 Å². The number of nitrogens with one attached hydrogen (secondary N) is 1. The molecular formula is C12H14Br2N2S. The van der Waals surface area contributed by atoms with E-state index in [2.05, 4.69) is 56.0 Å². The minimum absolute atomic E-state index is 0.389. The second-order valence-electron chi connectivity index (χ2n) is 4.18. The summed E-state index contributed by atoms with van der Waals surface area (Å²) in [5.41, 5.74) is 1.04. The average Bonchev–Trinajstić information content (AvgIpc) is 2.28. The van der Waals surface area contributed by atoms with Crippen LogP contribution in [0.25, 0.3) is 0 Å². The summed E-state index contributed by atoms with van der Waals surface area (Å²) in [5, 5.41) is 4.39. The first kappa shape index (κ1) is 13.4. The van der Waals surface area contributed by atoms with Crippen molar-refractivity contribution in [2.24, 2.45) is 10.9 Å².